The lowest BCUT2D eigenvalue weighted by Crippen LogP contribution is -2.19. The van der Waals surface area contributed by atoms with E-state index >= 15 is 0 Å². The average Bonchev–Trinajstić information content (AvgIpc) is 3.05. The van der Waals surface area contributed by atoms with Gasteiger partial charge in [-0.2, -0.15) is 0 Å². The fraction of sp³-hybridized carbons (Fsp3) is 0.263. The van der Waals surface area contributed by atoms with Crippen LogP contribution in [-0.2, 0) is 13.0 Å². The Balaban J connectivity index is 1.68. The van der Waals surface area contributed by atoms with E-state index in [1.807, 2.05) is 37.3 Å². The van der Waals surface area contributed by atoms with Crippen LogP contribution in [0.15, 0.2) is 42.7 Å². The zero-order chi connectivity index (χ0) is 17.2. The number of anilines is 1. The summed E-state index contributed by atoms with van der Waals surface area (Å²) in [5, 5.41) is 2.98. The van der Waals surface area contributed by atoms with Crippen LogP contribution in [0.2, 0.25) is 0 Å². The molecule has 2 aromatic heterocycles. The molecular weight excluding hydrogens is 314 g/mol. The van der Waals surface area contributed by atoms with Gasteiger partial charge in [-0.15, -0.1) is 0 Å². The van der Waals surface area contributed by atoms with Gasteiger partial charge in [0.2, 0.25) is 0 Å². The zero-order valence-corrected chi connectivity index (χ0v) is 14.1. The number of nitrogens with one attached hydrogen (secondary N) is 1. The van der Waals surface area contributed by atoms with Crippen LogP contribution < -0.4 is 5.32 Å². The van der Waals surface area contributed by atoms with Crippen molar-refractivity contribution in [2.24, 2.45) is 0 Å². The summed E-state index contributed by atoms with van der Waals surface area (Å²) in [4.78, 5) is 26.0. The van der Waals surface area contributed by atoms with Crippen LogP contribution >= 0.6 is 0 Å². The second-order valence-corrected chi connectivity index (χ2v) is 6.17. The molecule has 6 nitrogen and oxygen atoms in total. The minimum absolute atomic E-state index is 0.216. The number of nitrogens with zero attached hydrogens (tertiary/aromatic N) is 4. The maximum absolute atomic E-state index is 12.9. The van der Waals surface area contributed by atoms with Gasteiger partial charge in [0.05, 0.1) is 17.5 Å². The second kappa shape index (κ2) is 6.47. The summed E-state index contributed by atoms with van der Waals surface area (Å²) in [6, 6.07) is 9.69. The molecule has 6 heteroatoms. The van der Waals surface area contributed by atoms with Crippen LogP contribution in [-0.4, -0.2) is 25.4 Å². The molecule has 0 unspecified atom stereocenters. The van der Waals surface area contributed by atoms with Gasteiger partial charge >= 0.3 is 0 Å². The number of imidazole rings is 1. The maximum Gasteiger partial charge on any atom is 0.260 e. The monoisotopic (exact) mass is 333 g/mol. The molecule has 1 aliphatic heterocycles. The van der Waals surface area contributed by atoms with Crippen LogP contribution in [0, 0.1) is 6.92 Å². The standard InChI is InChI=1S/C19H19N5O/c1-13-20-11-15(18(22-13)14-7-3-2-4-8-14)19(25)23-17-12-21-16-9-5-6-10-24(16)17/h2-4,7-8,11-12H,5-6,9-10H2,1H3,(H,23,25). The number of rotatable bonds is 3. The molecule has 1 aliphatic rings. The Morgan fingerprint density at radius 2 is 1.96 bits per heavy atom. The van der Waals surface area contributed by atoms with Crippen molar-refractivity contribution in [2.75, 3.05) is 5.32 Å². The van der Waals surface area contributed by atoms with Crippen molar-refractivity contribution in [3.05, 3.63) is 59.9 Å². The highest BCUT2D eigenvalue weighted by Gasteiger charge is 2.19. The van der Waals surface area contributed by atoms with E-state index in [1.165, 1.54) is 0 Å². The molecule has 126 valence electrons. The first-order valence-electron chi connectivity index (χ1n) is 8.47. The number of hydrogen-bond donors (Lipinski definition) is 1. The average molecular weight is 333 g/mol. The highest BCUT2D eigenvalue weighted by atomic mass is 16.1. The molecule has 4 rings (SSSR count). The molecule has 25 heavy (non-hydrogen) atoms. The lowest BCUT2D eigenvalue weighted by Gasteiger charge is -2.17. The van der Waals surface area contributed by atoms with E-state index in [9.17, 15) is 4.79 Å². The largest absolute Gasteiger partial charge is 0.315 e. The van der Waals surface area contributed by atoms with Gasteiger partial charge in [0, 0.05) is 24.7 Å². The Bertz CT molecular complexity index is 917. The van der Waals surface area contributed by atoms with Crippen LogP contribution in [0.5, 0.6) is 0 Å². The fourth-order valence-electron chi connectivity index (χ4n) is 3.15. The van der Waals surface area contributed by atoms with Crippen LogP contribution in [0.25, 0.3) is 11.3 Å². The lowest BCUT2D eigenvalue weighted by molar-refractivity contribution is 0.102. The van der Waals surface area contributed by atoms with E-state index in [0.717, 1.165) is 43.0 Å². The van der Waals surface area contributed by atoms with Gasteiger partial charge in [0.15, 0.2) is 0 Å². The highest BCUT2D eigenvalue weighted by Crippen LogP contribution is 2.24. The van der Waals surface area contributed by atoms with Crippen LogP contribution in [0.4, 0.5) is 5.82 Å². The quantitative estimate of drug-likeness (QED) is 0.798. The Morgan fingerprint density at radius 1 is 1.12 bits per heavy atom. The summed E-state index contributed by atoms with van der Waals surface area (Å²) in [6.07, 6.45) is 6.53. The maximum atomic E-state index is 12.9. The van der Waals surface area contributed by atoms with Crippen molar-refractivity contribution >= 4 is 11.7 Å². The molecule has 1 amide bonds. The number of amides is 1. The first-order valence-corrected chi connectivity index (χ1v) is 8.47. The molecule has 0 spiro atoms. The minimum Gasteiger partial charge on any atom is -0.315 e. The predicted molar refractivity (Wildman–Crippen MR) is 95.3 cm³/mol. The Kier molecular flexibility index (Phi) is 4.01. The number of hydrogen-bond acceptors (Lipinski definition) is 4. The smallest absolute Gasteiger partial charge is 0.260 e. The molecule has 3 aromatic rings. The first-order chi connectivity index (χ1) is 12.2. The molecule has 1 N–H and O–H groups in total. The van der Waals surface area contributed by atoms with Gasteiger partial charge in [-0.25, -0.2) is 15.0 Å². The number of fused-ring (bicyclic) bond motifs is 1. The third kappa shape index (κ3) is 3.03. The van der Waals surface area contributed by atoms with E-state index in [4.69, 9.17) is 0 Å². The topological polar surface area (TPSA) is 72.7 Å². The van der Waals surface area contributed by atoms with E-state index in [0.29, 0.717) is 17.1 Å². The van der Waals surface area contributed by atoms with E-state index < -0.39 is 0 Å². The molecule has 0 aliphatic carbocycles. The van der Waals surface area contributed by atoms with Crippen molar-refractivity contribution in [3.63, 3.8) is 0 Å². The summed E-state index contributed by atoms with van der Waals surface area (Å²) in [7, 11) is 0. The zero-order valence-electron chi connectivity index (χ0n) is 14.1. The summed E-state index contributed by atoms with van der Waals surface area (Å²) in [5.41, 5.74) is 2.00. The fourth-order valence-corrected chi connectivity index (χ4v) is 3.15. The highest BCUT2D eigenvalue weighted by molar-refractivity contribution is 6.07. The molecule has 0 fully saturated rings. The van der Waals surface area contributed by atoms with Gasteiger partial charge < -0.3 is 9.88 Å². The normalized spacial score (nSPS) is 13.3. The molecule has 0 saturated heterocycles. The molecule has 0 atom stereocenters. The lowest BCUT2D eigenvalue weighted by atomic mass is 10.1. The van der Waals surface area contributed by atoms with Crippen LogP contribution in [0.3, 0.4) is 0 Å². The Hall–Kier alpha value is -3.02. The molecule has 1 aromatic carbocycles. The number of carbonyl (C=O) groups is 1. The van der Waals surface area contributed by atoms with Crippen molar-refractivity contribution in [1.82, 2.24) is 19.5 Å². The molecular formula is C19H19N5O. The third-order valence-corrected chi connectivity index (χ3v) is 4.41. The number of aryl methyl sites for hydroxylation is 2. The summed E-state index contributed by atoms with van der Waals surface area (Å²) in [5.74, 6) is 2.19. The van der Waals surface area contributed by atoms with Crippen molar-refractivity contribution < 1.29 is 4.79 Å². The van der Waals surface area contributed by atoms with Crippen molar-refractivity contribution in [1.29, 1.82) is 0 Å². The van der Waals surface area contributed by atoms with Gasteiger partial charge in [-0.05, 0) is 19.8 Å². The van der Waals surface area contributed by atoms with Gasteiger partial charge in [0.1, 0.15) is 17.5 Å². The van der Waals surface area contributed by atoms with E-state index in [-0.39, 0.29) is 5.91 Å². The summed E-state index contributed by atoms with van der Waals surface area (Å²) < 4.78 is 2.08. The van der Waals surface area contributed by atoms with E-state index in [2.05, 4.69) is 24.8 Å². The molecule has 0 saturated carbocycles. The predicted octanol–water partition coefficient (Wildman–Crippen LogP) is 3.24. The number of carbonyl (C=O) groups excluding carboxylic acids is 1. The molecule has 0 bridgehead atoms. The summed E-state index contributed by atoms with van der Waals surface area (Å²) >= 11 is 0. The Morgan fingerprint density at radius 3 is 2.80 bits per heavy atom. The number of benzene rings is 1. The summed E-state index contributed by atoms with van der Waals surface area (Å²) in [6.45, 7) is 2.71. The Labute approximate surface area is 146 Å². The second-order valence-electron chi connectivity index (χ2n) is 6.17. The molecule has 0 radical (unpaired) electrons. The van der Waals surface area contributed by atoms with Gasteiger partial charge in [0.25, 0.3) is 5.91 Å². The van der Waals surface area contributed by atoms with Crippen molar-refractivity contribution in [3.8, 4) is 11.3 Å². The van der Waals surface area contributed by atoms with Crippen molar-refractivity contribution in [2.45, 2.75) is 32.7 Å². The SMILES string of the molecule is Cc1ncc(C(=O)Nc2cnc3n2CCCC3)c(-c2ccccc2)n1. The van der Waals surface area contributed by atoms with Crippen LogP contribution in [0.1, 0.15) is 34.8 Å². The third-order valence-electron chi connectivity index (χ3n) is 4.41. The van der Waals surface area contributed by atoms with Gasteiger partial charge in [-0.3, -0.25) is 4.79 Å². The number of aromatic nitrogens is 4. The minimum atomic E-state index is -0.216. The van der Waals surface area contributed by atoms with E-state index in [1.54, 1.807) is 12.4 Å². The molecule has 3 heterocycles. The van der Waals surface area contributed by atoms with Gasteiger partial charge in [-0.1, -0.05) is 30.3 Å². The first kappa shape index (κ1) is 15.5.